The highest BCUT2D eigenvalue weighted by atomic mass is 79.9. The Kier molecular flexibility index (Phi) is 3.11. The molecular formula is C16H16BrNO. The van der Waals surface area contributed by atoms with Gasteiger partial charge in [-0.25, -0.2) is 0 Å². The fourth-order valence-corrected chi connectivity index (χ4v) is 3.59. The zero-order chi connectivity index (χ0) is 13.6. The van der Waals surface area contributed by atoms with Gasteiger partial charge in [-0.15, -0.1) is 0 Å². The second-order valence-corrected chi connectivity index (χ2v) is 6.02. The van der Waals surface area contributed by atoms with Crippen LogP contribution in [-0.2, 0) is 6.42 Å². The molecule has 0 aliphatic heterocycles. The lowest BCUT2D eigenvalue weighted by molar-refractivity contribution is 0.456. The van der Waals surface area contributed by atoms with Crippen LogP contribution in [0.15, 0.2) is 40.9 Å². The Bertz CT molecular complexity index is 624. The summed E-state index contributed by atoms with van der Waals surface area (Å²) in [6, 6.07) is 12.1. The van der Waals surface area contributed by atoms with Crippen LogP contribution in [0.25, 0.3) is 0 Å². The molecule has 2 atom stereocenters. The van der Waals surface area contributed by atoms with E-state index in [0.29, 0.717) is 5.75 Å². The molecule has 0 aromatic heterocycles. The number of phenolic OH excluding ortho intramolecular Hbond substituents is 1. The van der Waals surface area contributed by atoms with Crippen LogP contribution in [-0.4, -0.2) is 5.11 Å². The molecule has 98 valence electrons. The van der Waals surface area contributed by atoms with Crippen molar-refractivity contribution in [1.82, 2.24) is 0 Å². The molecule has 1 aliphatic rings. The highest BCUT2D eigenvalue weighted by Crippen LogP contribution is 2.48. The van der Waals surface area contributed by atoms with Crippen molar-refractivity contribution < 1.29 is 5.11 Å². The lowest BCUT2D eigenvalue weighted by Crippen LogP contribution is -2.15. The third kappa shape index (κ3) is 1.97. The minimum Gasteiger partial charge on any atom is -0.506 e. The van der Waals surface area contributed by atoms with Crippen molar-refractivity contribution in [2.45, 2.75) is 25.3 Å². The predicted molar refractivity (Wildman–Crippen MR) is 80.4 cm³/mol. The topological polar surface area (TPSA) is 46.2 Å². The quantitative estimate of drug-likeness (QED) is 0.840. The third-order valence-electron chi connectivity index (χ3n) is 4.04. The molecule has 0 saturated carbocycles. The van der Waals surface area contributed by atoms with Crippen molar-refractivity contribution in [3.63, 3.8) is 0 Å². The predicted octanol–water partition coefficient (Wildman–Crippen LogP) is 3.80. The van der Waals surface area contributed by atoms with E-state index >= 15 is 0 Å². The molecule has 0 spiro atoms. The van der Waals surface area contributed by atoms with Crippen LogP contribution in [0.2, 0.25) is 0 Å². The van der Waals surface area contributed by atoms with Crippen LogP contribution < -0.4 is 5.73 Å². The molecule has 2 aromatic carbocycles. The van der Waals surface area contributed by atoms with Crippen LogP contribution in [0.5, 0.6) is 5.75 Å². The summed E-state index contributed by atoms with van der Waals surface area (Å²) in [5.41, 5.74) is 10.9. The number of halogens is 1. The molecule has 0 fully saturated rings. The molecule has 2 nitrogen and oxygen atoms in total. The van der Waals surface area contributed by atoms with Crippen molar-refractivity contribution in [3.05, 3.63) is 63.1 Å². The van der Waals surface area contributed by atoms with Crippen LogP contribution >= 0.6 is 15.9 Å². The first-order valence-electron chi connectivity index (χ1n) is 6.41. The minimum absolute atomic E-state index is 0.145. The Morgan fingerprint density at radius 3 is 2.63 bits per heavy atom. The number of phenols is 1. The van der Waals surface area contributed by atoms with Gasteiger partial charge in [0.15, 0.2) is 0 Å². The van der Waals surface area contributed by atoms with Crippen molar-refractivity contribution >= 4 is 15.9 Å². The Labute approximate surface area is 121 Å². The van der Waals surface area contributed by atoms with E-state index < -0.39 is 0 Å². The summed E-state index contributed by atoms with van der Waals surface area (Å²) in [6.45, 7) is 2.07. The summed E-state index contributed by atoms with van der Waals surface area (Å²) >= 11 is 3.40. The lowest BCUT2D eigenvalue weighted by atomic mass is 9.93. The van der Waals surface area contributed by atoms with Gasteiger partial charge in [0.25, 0.3) is 0 Å². The molecule has 1 aliphatic carbocycles. The summed E-state index contributed by atoms with van der Waals surface area (Å²) in [6.07, 6.45) is 0.896. The molecule has 2 aromatic rings. The zero-order valence-corrected chi connectivity index (χ0v) is 12.3. The second kappa shape index (κ2) is 4.66. The number of aromatic hydroxyl groups is 1. The number of nitrogens with two attached hydrogens (primary N) is 1. The van der Waals surface area contributed by atoms with Gasteiger partial charge in [0.1, 0.15) is 5.75 Å². The molecule has 0 radical (unpaired) electrons. The Morgan fingerprint density at radius 1 is 1.26 bits per heavy atom. The first-order chi connectivity index (χ1) is 9.09. The van der Waals surface area contributed by atoms with Gasteiger partial charge in [0.05, 0.1) is 4.47 Å². The summed E-state index contributed by atoms with van der Waals surface area (Å²) in [5, 5.41) is 10.3. The zero-order valence-electron chi connectivity index (χ0n) is 10.7. The molecule has 2 unspecified atom stereocenters. The highest BCUT2D eigenvalue weighted by Gasteiger charge is 2.34. The van der Waals surface area contributed by atoms with E-state index in [-0.39, 0.29) is 12.0 Å². The van der Waals surface area contributed by atoms with Gasteiger partial charge in [-0.05, 0) is 52.0 Å². The number of fused-ring (bicyclic) bond motifs is 1. The molecule has 3 heteroatoms. The van der Waals surface area contributed by atoms with Gasteiger partial charge in [-0.2, -0.15) is 0 Å². The standard InChI is InChI=1S/C16H16BrNO/c1-9-7-13(17)16(19)14-11(9)8-12(15(14)18)10-5-3-2-4-6-10/h2-7,12,15,19H,8,18H2,1H3. The average Bonchev–Trinajstić information content (AvgIpc) is 2.76. The first-order valence-corrected chi connectivity index (χ1v) is 7.20. The van der Waals surface area contributed by atoms with Gasteiger partial charge < -0.3 is 10.8 Å². The van der Waals surface area contributed by atoms with Crippen LogP contribution in [0.4, 0.5) is 0 Å². The number of aryl methyl sites for hydroxylation is 1. The van der Waals surface area contributed by atoms with Gasteiger partial charge in [-0.3, -0.25) is 0 Å². The largest absolute Gasteiger partial charge is 0.506 e. The smallest absolute Gasteiger partial charge is 0.134 e. The van der Waals surface area contributed by atoms with Gasteiger partial charge >= 0.3 is 0 Å². The second-order valence-electron chi connectivity index (χ2n) is 5.16. The van der Waals surface area contributed by atoms with E-state index in [4.69, 9.17) is 5.73 Å². The summed E-state index contributed by atoms with van der Waals surface area (Å²) in [7, 11) is 0. The third-order valence-corrected chi connectivity index (χ3v) is 4.65. The molecule has 0 saturated heterocycles. The number of hydrogen-bond donors (Lipinski definition) is 2. The van der Waals surface area contributed by atoms with Crippen molar-refractivity contribution in [2.24, 2.45) is 5.73 Å². The molecule has 3 N–H and O–H groups in total. The van der Waals surface area contributed by atoms with E-state index in [0.717, 1.165) is 16.5 Å². The Morgan fingerprint density at radius 2 is 1.95 bits per heavy atom. The summed E-state index contributed by atoms with van der Waals surface area (Å²) in [4.78, 5) is 0. The van der Waals surface area contributed by atoms with E-state index in [2.05, 4.69) is 35.0 Å². The number of hydrogen-bond acceptors (Lipinski definition) is 2. The van der Waals surface area contributed by atoms with Crippen LogP contribution in [0.3, 0.4) is 0 Å². The molecule has 0 amide bonds. The SMILES string of the molecule is Cc1cc(Br)c(O)c2c1CC(c1ccccc1)C2N. The first kappa shape index (κ1) is 12.7. The van der Waals surface area contributed by atoms with E-state index in [1.807, 2.05) is 24.3 Å². The molecule has 0 heterocycles. The summed E-state index contributed by atoms with van der Waals surface area (Å²) in [5.74, 6) is 0.543. The average molecular weight is 318 g/mol. The number of benzene rings is 2. The normalized spacial score (nSPS) is 21.4. The molecule has 19 heavy (non-hydrogen) atoms. The van der Waals surface area contributed by atoms with E-state index in [1.165, 1.54) is 16.7 Å². The lowest BCUT2D eigenvalue weighted by Gasteiger charge is -2.17. The van der Waals surface area contributed by atoms with Gasteiger partial charge in [0, 0.05) is 17.5 Å². The maximum absolute atomic E-state index is 10.3. The maximum atomic E-state index is 10.3. The monoisotopic (exact) mass is 317 g/mol. The van der Waals surface area contributed by atoms with Crippen molar-refractivity contribution in [3.8, 4) is 5.75 Å². The molecule has 0 bridgehead atoms. The highest BCUT2D eigenvalue weighted by molar-refractivity contribution is 9.10. The molecule has 3 rings (SSSR count). The fourth-order valence-electron chi connectivity index (χ4n) is 3.03. The van der Waals surface area contributed by atoms with Gasteiger partial charge in [0.2, 0.25) is 0 Å². The van der Waals surface area contributed by atoms with Crippen molar-refractivity contribution in [1.29, 1.82) is 0 Å². The van der Waals surface area contributed by atoms with E-state index in [1.54, 1.807) is 0 Å². The molecular weight excluding hydrogens is 302 g/mol. The Balaban J connectivity index is 2.10. The van der Waals surface area contributed by atoms with Crippen LogP contribution in [0.1, 0.15) is 34.2 Å². The summed E-state index contributed by atoms with van der Waals surface area (Å²) < 4.78 is 0.730. The van der Waals surface area contributed by atoms with Crippen LogP contribution in [0, 0.1) is 6.92 Å². The van der Waals surface area contributed by atoms with Crippen molar-refractivity contribution in [2.75, 3.05) is 0 Å². The fraction of sp³-hybridized carbons (Fsp3) is 0.250. The number of rotatable bonds is 1. The van der Waals surface area contributed by atoms with E-state index in [9.17, 15) is 5.11 Å². The Hall–Kier alpha value is -1.32. The minimum atomic E-state index is -0.145. The van der Waals surface area contributed by atoms with Gasteiger partial charge in [-0.1, -0.05) is 30.3 Å². The maximum Gasteiger partial charge on any atom is 0.134 e.